The van der Waals surface area contributed by atoms with Gasteiger partial charge in [0.1, 0.15) is 23.0 Å². The van der Waals surface area contributed by atoms with E-state index < -0.39 is 0 Å². The Kier molecular flexibility index (Phi) is 10.5. The SMILES string of the molecule is N#Cc1ccc(-c2c3ccccc3c(-c3ccc4c5c(cccc35)Oc3ccccc3-4)c3cc(-c4ccc5c(-c6ccc7c8c(cccc68)Oc6ccccc6-7)c6ccccc6c(-c6ccc(-c7cccc8ccccc78)cc6)c5c4)ccc23)cc1. The van der Waals surface area contributed by atoms with Gasteiger partial charge in [0.25, 0.3) is 0 Å². The van der Waals surface area contributed by atoms with Crippen LogP contribution in [0.2, 0.25) is 0 Å². The number of nitrogens with zero attached hydrogens (tertiary/aromatic N) is 1. The van der Waals surface area contributed by atoms with Crippen LogP contribution in [0.4, 0.5) is 0 Å². The predicted octanol–water partition coefficient (Wildman–Crippen LogP) is 23.2. The number of hydrogen-bond donors (Lipinski definition) is 0. The number of ether oxygens (including phenoxy) is 2. The van der Waals surface area contributed by atoms with Crippen molar-refractivity contribution < 1.29 is 9.47 Å². The number of rotatable bonds is 6. The molecule has 0 aromatic heterocycles. The zero-order chi connectivity index (χ0) is 56.6. The molecule has 0 bridgehead atoms. The molecule has 0 N–H and O–H groups in total. The smallest absolute Gasteiger partial charge is 0.135 e. The van der Waals surface area contributed by atoms with Gasteiger partial charge >= 0.3 is 0 Å². The van der Waals surface area contributed by atoms with Gasteiger partial charge in [-0.15, -0.1) is 0 Å². The zero-order valence-electron chi connectivity index (χ0n) is 46.4. The van der Waals surface area contributed by atoms with Gasteiger partial charge in [-0.3, -0.25) is 0 Å². The third-order valence-corrected chi connectivity index (χ3v) is 18.3. The summed E-state index contributed by atoms with van der Waals surface area (Å²) in [6.07, 6.45) is 0. The van der Waals surface area contributed by atoms with Crippen molar-refractivity contribution in [2.45, 2.75) is 0 Å². The van der Waals surface area contributed by atoms with Gasteiger partial charge < -0.3 is 9.47 Å². The highest BCUT2D eigenvalue weighted by Crippen LogP contribution is 2.55. The monoisotopic (exact) mass is 1090 g/mol. The molecular formula is C83H47NO2. The molecule has 86 heavy (non-hydrogen) atoms. The molecule has 0 unspecified atom stereocenters. The molecule has 0 spiro atoms. The Morgan fingerprint density at radius 2 is 0.581 bits per heavy atom. The zero-order valence-corrected chi connectivity index (χ0v) is 46.4. The van der Waals surface area contributed by atoms with Crippen LogP contribution in [0.1, 0.15) is 5.56 Å². The fraction of sp³-hybridized carbons (Fsp3) is 0. The summed E-state index contributed by atoms with van der Waals surface area (Å²) in [4.78, 5) is 0. The lowest BCUT2D eigenvalue weighted by Gasteiger charge is -2.24. The van der Waals surface area contributed by atoms with E-state index in [4.69, 9.17) is 9.47 Å². The van der Waals surface area contributed by atoms with E-state index in [0.717, 1.165) is 133 Å². The van der Waals surface area contributed by atoms with Crippen LogP contribution < -0.4 is 9.47 Å². The molecule has 2 heterocycles. The van der Waals surface area contributed by atoms with E-state index in [1.807, 2.05) is 24.3 Å². The number of nitriles is 1. The summed E-state index contributed by atoms with van der Waals surface area (Å²) in [5.41, 5.74) is 18.9. The fourth-order valence-corrected chi connectivity index (χ4v) is 14.5. The summed E-state index contributed by atoms with van der Waals surface area (Å²) in [7, 11) is 0. The van der Waals surface area contributed by atoms with Crippen molar-refractivity contribution in [2.75, 3.05) is 0 Å². The van der Waals surface area contributed by atoms with E-state index in [0.29, 0.717) is 5.56 Å². The molecule has 0 saturated carbocycles. The molecule has 0 amide bonds. The van der Waals surface area contributed by atoms with Crippen molar-refractivity contribution in [3.05, 3.63) is 291 Å². The molecule has 2 aliphatic rings. The van der Waals surface area contributed by atoms with Gasteiger partial charge in [0.2, 0.25) is 0 Å². The molecule has 3 nitrogen and oxygen atoms in total. The van der Waals surface area contributed by atoms with Gasteiger partial charge in [-0.25, -0.2) is 0 Å². The minimum atomic E-state index is 0.630. The predicted molar refractivity (Wildman–Crippen MR) is 357 cm³/mol. The average Bonchev–Trinajstić information content (AvgIpc) is 0.899. The van der Waals surface area contributed by atoms with Crippen molar-refractivity contribution in [3.63, 3.8) is 0 Å². The molecule has 16 aromatic rings. The maximum absolute atomic E-state index is 9.94. The quantitative estimate of drug-likeness (QED) is 0.156. The Morgan fingerprint density at radius 3 is 1.15 bits per heavy atom. The lowest BCUT2D eigenvalue weighted by atomic mass is 9.81. The molecule has 0 atom stereocenters. The molecule has 0 saturated heterocycles. The fourth-order valence-electron chi connectivity index (χ4n) is 14.5. The number of para-hydroxylation sites is 2. The topological polar surface area (TPSA) is 42.2 Å². The van der Waals surface area contributed by atoms with Crippen LogP contribution in [0.15, 0.2) is 285 Å². The molecule has 0 radical (unpaired) electrons. The number of benzene rings is 16. The Labute approximate surface area is 496 Å². The first-order valence-corrected chi connectivity index (χ1v) is 29.3. The second-order valence-electron chi connectivity index (χ2n) is 22.8. The van der Waals surface area contributed by atoms with Crippen molar-refractivity contribution in [2.24, 2.45) is 0 Å². The lowest BCUT2D eigenvalue weighted by molar-refractivity contribution is 0.487. The molecular weight excluding hydrogens is 1040 g/mol. The molecule has 2 aliphatic heterocycles. The lowest BCUT2D eigenvalue weighted by Crippen LogP contribution is -1.98. The van der Waals surface area contributed by atoms with Crippen LogP contribution >= 0.6 is 0 Å². The largest absolute Gasteiger partial charge is 0.456 e. The van der Waals surface area contributed by atoms with Crippen molar-refractivity contribution in [1.29, 1.82) is 5.26 Å². The first-order chi connectivity index (χ1) is 42.6. The van der Waals surface area contributed by atoms with Gasteiger partial charge in [-0.1, -0.05) is 237 Å². The number of fused-ring (bicyclic) bond motifs is 9. The van der Waals surface area contributed by atoms with Gasteiger partial charge in [0.05, 0.1) is 11.6 Å². The molecule has 16 aromatic carbocycles. The maximum atomic E-state index is 9.94. The van der Waals surface area contributed by atoms with E-state index in [9.17, 15) is 5.26 Å². The molecule has 0 fully saturated rings. The second kappa shape index (κ2) is 18.7. The highest BCUT2D eigenvalue weighted by atomic mass is 16.5. The maximum Gasteiger partial charge on any atom is 0.135 e. The Hall–Kier alpha value is -11.6. The van der Waals surface area contributed by atoms with Crippen LogP contribution in [0.3, 0.4) is 0 Å². The highest BCUT2D eigenvalue weighted by Gasteiger charge is 2.27. The van der Waals surface area contributed by atoms with Crippen molar-refractivity contribution in [1.82, 2.24) is 0 Å². The van der Waals surface area contributed by atoms with E-state index in [1.165, 1.54) is 54.7 Å². The van der Waals surface area contributed by atoms with E-state index >= 15 is 0 Å². The Bertz CT molecular complexity index is 5650. The minimum absolute atomic E-state index is 0.630. The molecule has 396 valence electrons. The van der Waals surface area contributed by atoms with Gasteiger partial charge in [-0.2, -0.15) is 5.26 Å². The first kappa shape index (κ1) is 48.0. The average molecular weight is 1090 g/mol. The third kappa shape index (κ3) is 7.14. The highest BCUT2D eigenvalue weighted by molar-refractivity contribution is 6.27. The summed E-state index contributed by atoms with van der Waals surface area (Å²) < 4.78 is 13.4. The Balaban J connectivity index is 0.911. The van der Waals surface area contributed by atoms with E-state index in [-0.39, 0.29) is 0 Å². The second-order valence-corrected chi connectivity index (χ2v) is 22.8. The Morgan fingerprint density at radius 1 is 0.221 bits per heavy atom. The van der Waals surface area contributed by atoms with Crippen LogP contribution in [-0.2, 0) is 0 Å². The van der Waals surface area contributed by atoms with Gasteiger partial charge in [0.15, 0.2) is 0 Å². The van der Waals surface area contributed by atoms with Crippen molar-refractivity contribution >= 4 is 75.4 Å². The van der Waals surface area contributed by atoms with Crippen LogP contribution in [0.25, 0.3) is 164 Å². The van der Waals surface area contributed by atoms with E-state index in [1.54, 1.807) is 0 Å². The minimum Gasteiger partial charge on any atom is -0.456 e. The summed E-state index contributed by atoms with van der Waals surface area (Å²) in [5, 5.41) is 26.2. The standard InChI is InChI=1S/C83H47NO2/c84-48-49-30-32-52(33-31-49)78-60-19-3-6-22-63(60)81(69-45-43-67-59-18-8-10-27-75(59)86-77-29-13-25-65(69)83(67)77)73-47-55(38-40-70(73)78)54-39-41-71-72(46-54)79(53-36-34-51(35-37-53)57-23-11-15-50-14-1-2-16-56(50)57)61-20-4-5-21-62(61)80(71)68-44-42-66-58-17-7-9-26-74(58)85-76-28-12-24-64(68)82(66)76/h1-47H. The first-order valence-electron chi connectivity index (χ1n) is 29.3. The summed E-state index contributed by atoms with van der Waals surface area (Å²) >= 11 is 0. The van der Waals surface area contributed by atoms with E-state index in [2.05, 4.69) is 267 Å². The summed E-state index contributed by atoms with van der Waals surface area (Å²) in [5.74, 6) is 3.47. The van der Waals surface area contributed by atoms with Crippen LogP contribution in [0.5, 0.6) is 23.0 Å². The molecule has 18 rings (SSSR count). The molecule has 0 aliphatic carbocycles. The third-order valence-electron chi connectivity index (χ3n) is 18.3. The van der Waals surface area contributed by atoms with Gasteiger partial charge in [-0.05, 0) is 191 Å². The summed E-state index contributed by atoms with van der Waals surface area (Å²) in [6.45, 7) is 0. The van der Waals surface area contributed by atoms with Gasteiger partial charge in [0, 0.05) is 21.9 Å². The van der Waals surface area contributed by atoms with Crippen LogP contribution in [-0.4, -0.2) is 0 Å². The van der Waals surface area contributed by atoms with Crippen LogP contribution in [0, 0.1) is 11.3 Å². The molecule has 3 heteroatoms. The van der Waals surface area contributed by atoms with Crippen molar-refractivity contribution in [3.8, 4) is 118 Å². The number of hydrogen-bond acceptors (Lipinski definition) is 3. The summed E-state index contributed by atoms with van der Waals surface area (Å²) in [6, 6.07) is 106. The normalized spacial score (nSPS) is 12.1.